The van der Waals surface area contributed by atoms with Crippen LogP contribution in [0, 0.1) is 16.0 Å². The minimum atomic E-state index is -0.421. The van der Waals surface area contributed by atoms with E-state index in [1.165, 1.54) is 46.1 Å². The summed E-state index contributed by atoms with van der Waals surface area (Å²) in [6, 6.07) is 23.7. The van der Waals surface area contributed by atoms with Crippen molar-refractivity contribution in [1.29, 1.82) is 0 Å². The van der Waals surface area contributed by atoms with Crippen LogP contribution in [0.4, 0.5) is 5.69 Å². The second-order valence-corrected chi connectivity index (χ2v) is 9.18. The van der Waals surface area contributed by atoms with Crippen LogP contribution in [0.15, 0.2) is 77.7 Å². The van der Waals surface area contributed by atoms with Gasteiger partial charge in [0.25, 0.3) is 5.69 Å². The fraction of sp³-hybridized carbons (Fsp3) is 0.240. The van der Waals surface area contributed by atoms with E-state index in [-0.39, 0.29) is 11.6 Å². The van der Waals surface area contributed by atoms with Crippen molar-refractivity contribution >= 4 is 23.4 Å². The van der Waals surface area contributed by atoms with Crippen molar-refractivity contribution in [3.05, 3.63) is 105 Å². The summed E-state index contributed by atoms with van der Waals surface area (Å²) in [4.78, 5) is 23.7. The number of carbonyl (C=O) groups excluding carboxylic acids is 1. The Labute approximate surface area is 185 Å². The molecule has 6 heteroatoms. The molecule has 3 aromatic rings. The zero-order valence-electron chi connectivity index (χ0n) is 16.9. The Hall–Kier alpha value is -3.12. The number of rotatable bonds is 6. The molecule has 0 aliphatic heterocycles. The van der Waals surface area contributed by atoms with Crippen molar-refractivity contribution in [2.45, 2.75) is 23.2 Å². The highest BCUT2D eigenvalue weighted by atomic mass is 32.2. The fourth-order valence-electron chi connectivity index (χ4n) is 5.07. The van der Waals surface area contributed by atoms with Crippen LogP contribution >= 0.6 is 11.8 Å². The number of amides is 1. The molecule has 0 saturated carbocycles. The van der Waals surface area contributed by atoms with Crippen LogP contribution < -0.4 is 5.32 Å². The number of hydrogen-bond donors (Lipinski definition) is 1. The van der Waals surface area contributed by atoms with Crippen molar-refractivity contribution < 1.29 is 9.72 Å². The Kier molecular flexibility index (Phi) is 5.24. The van der Waals surface area contributed by atoms with E-state index in [0.29, 0.717) is 30.1 Å². The zero-order valence-corrected chi connectivity index (χ0v) is 17.7. The molecule has 1 amide bonds. The number of nitrogens with zero attached hydrogens (tertiary/aromatic N) is 1. The lowest BCUT2D eigenvalue weighted by Crippen LogP contribution is -2.39. The number of thioether (sulfide) groups is 1. The molecular weight excluding hydrogens is 408 g/mol. The number of nitro groups is 1. The zero-order chi connectivity index (χ0) is 21.4. The number of nitrogens with one attached hydrogen (secondary N) is 1. The molecule has 1 atom stereocenters. The maximum Gasteiger partial charge on any atom is 0.269 e. The van der Waals surface area contributed by atoms with Gasteiger partial charge in [0.05, 0.1) is 10.7 Å². The third-order valence-electron chi connectivity index (χ3n) is 6.40. The minimum Gasteiger partial charge on any atom is -0.355 e. The molecule has 0 spiro atoms. The van der Waals surface area contributed by atoms with E-state index in [1.807, 2.05) is 0 Å². The van der Waals surface area contributed by atoms with Gasteiger partial charge in [-0.3, -0.25) is 14.9 Å². The number of non-ortho nitro benzene ring substituents is 1. The van der Waals surface area contributed by atoms with Crippen LogP contribution in [0.1, 0.15) is 40.5 Å². The Balaban J connectivity index is 1.24. The van der Waals surface area contributed by atoms with Gasteiger partial charge >= 0.3 is 0 Å². The minimum absolute atomic E-state index is 0.00799. The first-order chi connectivity index (χ1) is 15.1. The number of carbonyl (C=O) groups is 1. The maximum absolute atomic E-state index is 12.5. The smallest absolute Gasteiger partial charge is 0.269 e. The summed E-state index contributed by atoms with van der Waals surface area (Å²) in [5.41, 5.74) is 5.72. The molecule has 0 heterocycles. The Morgan fingerprint density at radius 2 is 1.52 bits per heavy atom. The van der Waals surface area contributed by atoms with Crippen LogP contribution in [-0.4, -0.2) is 23.1 Å². The van der Waals surface area contributed by atoms with E-state index >= 15 is 0 Å². The Morgan fingerprint density at radius 3 is 2.10 bits per heavy atom. The van der Waals surface area contributed by atoms with Gasteiger partial charge in [-0.25, -0.2) is 0 Å². The first-order valence-corrected chi connectivity index (χ1v) is 11.4. The largest absolute Gasteiger partial charge is 0.355 e. The van der Waals surface area contributed by atoms with Gasteiger partial charge in [0, 0.05) is 35.4 Å². The van der Waals surface area contributed by atoms with Gasteiger partial charge in [-0.15, -0.1) is 11.8 Å². The molecule has 31 heavy (non-hydrogen) atoms. The topological polar surface area (TPSA) is 72.2 Å². The highest BCUT2D eigenvalue weighted by Crippen LogP contribution is 2.55. The quantitative estimate of drug-likeness (QED) is 0.335. The first kappa shape index (κ1) is 19.8. The summed E-state index contributed by atoms with van der Waals surface area (Å²) in [6.45, 7) is 0.656. The average molecular weight is 431 g/mol. The van der Waals surface area contributed by atoms with Crippen molar-refractivity contribution in [3.63, 3.8) is 0 Å². The van der Waals surface area contributed by atoms with Crippen molar-refractivity contribution in [3.8, 4) is 0 Å². The number of benzene rings is 3. The predicted octanol–water partition coefficient (Wildman–Crippen LogP) is 5.10. The second-order valence-electron chi connectivity index (χ2n) is 8.13. The van der Waals surface area contributed by atoms with Crippen molar-refractivity contribution in [2.75, 3.05) is 12.3 Å². The van der Waals surface area contributed by atoms with Gasteiger partial charge < -0.3 is 5.32 Å². The molecule has 0 fully saturated rings. The molecule has 6 rings (SSSR count). The van der Waals surface area contributed by atoms with E-state index in [0.717, 1.165) is 11.3 Å². The Bertz CT molecular complexity index is 1100. The molecule has 1 N–H and O–H groups in total. The fourth-order valence-corrected chi connectivity index (χ4v) is 5.80. The molecule has 3 aliphatic rings. The molecule has 3 aliphatic carbocycles. The second kappa shape index (κ2) is 8.19. The first-order valence-electron chi connectivity index (χ1n) is 10.4. The third kappa shape index (κ3) is 3.72. The van der Waals surface area contributed by atoms with E-state index in [9.17, 15) is 14.9 Å². The van der Waals surface area contributed by atoms with Gasteiger partial charge in [0.1, 0.15) is 0 Å². The SMILES string of the molecule is O=C(CSc1ccc([N+](=O)[O-])cc1)NCC1CC2c3ccccc3C1c1ccccc12. The summed E-state index contributed by atoms with van der Waals surface area (Å²) in [5, 5.41) is 13.9. The molecule has 3 aromatic carbocycles. The normalized spacial score (nSPS) is 20.6. The average Bonchev–Trinajstić information content (AvgIpc) is 2.82. The summed E-state index contributed by atoms with van der Waals surface area (Å²) in [6.07, 6.45) is 1.05. The van der Waals surface area contributed by atoms with Crippen molar-refractivity contribution in [1.82, 2.24) is 5.32 Å². The highest BCUT2D eigenvalue weighted by molar-refractivity contribution is 8.00. The summed E-state index contributed by atoms with van der Waals surface area (Å²) >= 11 is 1.39. The molecular formula is C25H22N2O3S. The van der Waals surface area contributed by atoms with Gasteiger partial charge in [0.2, 0.25) is 5.91 Å². The lowest BCUT2D eigenvalue weighted by Gasteiger charge is -2.45. The standard InChI is InChI=1S/C25H22N2O3S/c28-24(15-31-18-11-9-17(10-12-18)27(29)30)26-14-16-13-23-19-5-1-3-7-21(19)25(16)22-8-4-2-6-20(22)23/h1-12,16,23,25H,13-15H2,(H,26,28). The molecule has 0 aromatic heterocycles. The maximum atomic E-state index is 12.5. The van der Waals surface area contributed by atoms with Gasteiger partial charge in [-0.1, -0.05) is 48.5 Å². The lowest BCUT2D eigenvalue weighted by molar-refractivity contribution is -0.384. The molecule has 0 radical (unpaired) electrons. The van der Waals surface area contributed by atoms with Crippen LogP contribution in [0.5, 0.6) is 0 Å². The van der Waals surface area contributed by atoms with Crippen LogP contribution in [0.3, 0.4) is 0 Å². The van der Waals surface area contributed by atoms with E-state index in [2.05, 4.69) is 53.8 Å². The highest BCUT2D eigenvalue weighted by Gasteiger charge is 2.42. The third-order valence-corrected chi connectivity index (χ3v) is 7.41. The van der Waals surface area contributed by atoms with Crippen LogP contribution in [0.2, 0.25) is 0 Å². The Morgan fingerprint density at radius 1 is 0.935 bits per heavy atom. The van der Waals surface area contributed by atoms with Gasteiger partial charge in [0.15, 0.2) is 0 Å². The van der Waals surface area contributed by atoms with E-state index in [1.54, 1.807) is 12.1 Å². The van der Waals surface area contributed by atoms with Crippen LogP contribution in [-0.2, 0) is 4.79 Å². The van der Waals surface area contributed by atoms with Crippen molar-refractivity contribution in [2.24, 2.45) is 5.92 Å². The predicted molar refractivity (Wildman–Crippen MR) is 122 cm³/mol. The van der Waals surface area contributed by atoms with Gasteiger partial charge in [-0.2, -0.15) is 0 Å². The molecule has 0 saturated heterocycles. The lowest BCUT2D eigenvalue weighted by atomic mass is 9.59. The van der Waals surface area contributed by atoms with E-state index in [4.69, 9.17) is 0 Å². The molecule has 5 nitrogen and oxygen atoms in total. The number of hydrogen-bond acceptors (Lipinski definition) is 4. The summed E-state index contributed by atoms with van der Waals surface area (Å²) in [7, 11) is 0. The number of nitro benzene ring substituents is 1. The molecule has 2 bridgehead atoms. The monoisotopic (exact) mass is 430 g/mol. The van der Waals surface area contributed by atoms with Gasteiger partial charge in [-0.05, 0) is 46.7 Å². The van der Waals surface area contributed by atoms with Crippen LogP contribution in [0.25, 0.3) is 0 Å². The molecule has 156 valence electrons. The summed E-state index contributed by atoms with van der Waals surface area (Å²) in [5.74, 6) is 1.38. The number of fused-ring (bicyclic) bond motifs is 1. The van der Waals surface area contributed by atoms with E-state index < -0.39 is 4.92 Å². The molecule has 1 unspecified atom stereocenters. The summed E-state index contributed by atoms with van der Waals surface area (Å²) < 4.78 is 0.